The van der Waals surface area contributed by atoms with Crippen molar-refractivity contribution >= 4 is 17.6 Å². The van der Waals surface area contributed by atoms with Crippen LogP contribution in [0.5, 0.6) is 0 Å². The van der Waals surface area contributed by atoms with Gasteiger partial charge in [0.1, 0.15) is 5.97 Å². The van der Waals surface area contributed by atoms with E-state index >= 15 is 0 Å². The molecule has 2 heterocycles. The molecular formula is C13H15F3N4O3-2. The van der Waals surface area contributed by atoms with E-state index in [0.717, 1.165) is 5.69 Å². The summed E-state index contributed by atoms with van der Waals surface area (Å²) in [6, 6.07) is 3.24. The lowest BCUT2D eigenvalue weighted by Crippen LogP contribution is -2.37. The second-order valence-corrected chi connectivity index (χ2v) is 4.61. The summed E-state index contributed by atoms with van der Waals surface area (Å²) in [5.41, 5.74) is 8.45. The number of nitrogens with zero attached hydrogens (tertiary/aromatic N) is 2. The molecule has 0 unspecified atom stereocenters. The maximum atomic E-state index is 11.4. The zero-order valence-electron chi connectivity index (χ0n) is 12.0. The van der Waals surface area contributed by atoms with Crippen molar-refractivity contribution in [3.05, 3.63) is 30.3 Å². The Morgan fingerprint density at radius 1 is 1.43 bits per heavy atom. The van der Waals surface area contributed by atoms with Crippen LogP contribution in [0.4, 0.5) is 18.9 Å². The lowest BCUT2D eigenvalue weighted by molar-refractivity contribution is -0.344. The normalized spacial score (nSPS) is 17.5. The number of pyridine rings is 1. The van der Waals surface area contributed by atoms with Crippen LogP contribution in [0.3, 0.4) is 0 Å². The molecule has 0 bridgehead atoms. The van der Waals surface area contributed by atoms with Crippen molar-refractivity contribution in [3.8, 4) is 0 Å². The van der Waals surface area contributed by atoms with Crippen molar-refractivity contribution < 1.29 is 27.9 Å². The fraction of sp³-hybridized carbons (Fsp3) is 0.462. The van der Waals surface area contributed by atoms with Crippen LogP contribution in [0, 0.1) is 0 Å². The number of hydrogen-bond donors (Lipinski definition) is 1. The molecule has 1 fully saturated rings. The number of likely N-dealkylation sites (tertiary alicyclic amines) is 1. The van der Waals surface area contributed by atoms with Crippen molar-refractivity contribution in [1.29, 1.82) is 0 Å². The van der Waals surface area contributed by atoms with Crippen LogP contribution in [0.1, 0.15) is 6.42 Å². The second kappa shape index (κ2) is 8.32. The van der Waals surface area contributed by atoms with E-state index in [2.05, 4.69) is 10.3 Å². The van der Waals surface area contributed by atoms with Crippen LogP contribution in [-0.4, -0.2) is 53.6 Å². The summed E-state index contributed by atoms with van der Waals surface area (Å²) in [5.74, 6) is -3.05. The van der Waals surface area contributed by atoms with E-state index in [1.54, 1.807) is 17.3 Å². The van der Waals surface area contributed by atoms with Crippen molar-refractivity contribution in [2.24, 2.45) is 0 Å². The first-order chi connectivity index (χ1) is 10.7. The maximum Gasteiger partial charge on any atom is 0.430 e. The van der Waals surface area contributed by atoms with Gasteiger partial charge in [-0.1, -0.05) is 6.04 Å². The highest BCUT2D eigenvalue weighted by Crippen LogP contribution is 2.13. The van der Waals surface area contributed by atoms with Gasteiger partial charge in [0.2, 0.25) is 5.91 Å². The predicted octanol–water partition coefficient (Wildman–Crippen LogP) is 0.445. The number of rotatable bonds is 4. The molecule has 1 amide bonds. The zero-order valence-corrected chi connectivity index (χ0v) is 12.0. The molecular weight excluding hydrogens is 317 g/mol. The Hall–Kier alpha value is -2.36. The largest absolute Gasteiger partial charge is 0.667 e. The number of nitrogens with one attached hydrogen (secondary N) is 2. The Kier molecular flexibility index (Phi) is 6.76. The molecule has 1 aliphatic heterocycles. The van der Waals surface area contributed by atoms with Crippen LogP contribution < -0.4 is 10.4 Å². The van der Waals surface area contributed by atoms with Gasteiger partial charge in [0.05, 0.1) is 0 Å². The molecule has 1 aromatic heterocycles. The Morgan fingerprint density at radius 3 is 2.43 bits per heavy atom. The van der Waals surface area contributed by atoms with Gasteiger partial charge in [-0.25, -0.2) is 0 Å². The number of alkyl halides is 3. The molecule has 1 saturated heterocycles. The first-order valence-electron chi connectivity index (χ1n) is 6.63. The van der Waals surface area contributed by atoms with Gasteiger partial charge in [-0.15, -0.1) is 0 Å². The van der Waals surface area contributed by atoms with Crippen LogP contribution in [0.15, 0.2) is 24.5 Å². The van der Waals surface area contributed by atoms with Crippen LogP contribution in [-0.2, 0) is 9.59 Å². The molecule has 1 atom stereocenters. The highest BCUT2D eigenvalue weighted by Gasteiger charge is 2.28. The summed E-state index contributed by atoms with van der Waals surface area (Å²) in [7, 11) is 0. The van der Waals surface area contributed by atoms with Crippen LogP contribution >= 0.6 is 0 Å². The third-order valence-corrected chi connectivity index (χ3v) is 2.92. The Bertz CT molecular complexity index is 525. The highest BCUT2D eigenvalue weighted by atomic mass is 19.4. The third kappa shape index (κ3) is 6.51. The number of amides is 1. The van der Waals surface area contributed by atoms with Crippen molar-refractivity contribution in [1.82, 2.24) is 9.88 Å². The molecule has 0 spiro atoms. The minimum absolute atomic E-state index is 0.0449. The summed E-state index contributed by atoms with van der Waals surface area (Å²) in [5, 5.41) is 12.0. The van der Waals surface area contributed by atoms with E-state index in [1.165, 1.54) is 0 Å². The van der Waals surface area contributed by atoms with Crippen molar-refractivity contribution in [2.75, 3.05) is 25.0 Å². The van der Waals surface area contributed by atoms with Crippen molar-refractivity contribution in [2.45, 2.75) is 18.6 Å². The summed E-state index contributed by atoms with van der Waals surface area (Å²) in [6.07, 6.45) is -1.08. The number of halogens is 3. The van der Waals surface area contributed by atoms with Crippen LogP contribution in [0.25, 0.3) is 5.73 Å². The van der Waals surface area contributed by atoms with Gasteiger partial charge >= 0.3 is 6.18 Å². The van der Waals surface area contributed by atoms with Gasteiger partial charge in [0.15, 0.2) is 0 Å². The molecule has 7 nitrogen and oxygen atoms in total. The molecule has 1 aromatic rings. The van der Waals surface area contributed by atoms with E-state index in [0.29, 0.717) is 26.1 Å². The summed E-state index contributed by atoms with van der Waals surface area (Å²) in [6.45, 7) is 2.09. The molecule has 128 valence electrons. The highest BCUT2D eigenvalue weighted by molar-refractivity contribution is 5.85. The Morgan fingerprint density at radius 2 is 2.00 bits per heavy atom. The number of hydrogen-bond acceptors (Lipinski definition) is 5. The van der Waals surface area contributed by atoms with Gasteiger partial charge in [0.25, 0.3) is 0 Å². The average Bonchev–Trinajstić information content (AvgIpc) is 2.80. The fourth-order valence-electron chi connectivity index (χ4n) is 1.77. The number of aromatic nitrogens is 1. The second-order valence-electron chi connectivity index (χ2n) is 4.61. The lowest BCUT2D eigenvalue weighted by atomic mass is 10.3. The van der Waals surface area contributed by atoms with E-state index in [4.69, 9.17) is 15.6 Å². The number of anilines is 1. The minimum Gasteiger partial charge on any atom is -0.667 e. The third-order valence-electron chi connectivity index (χ3n) is 2.92. The van der Waals surface area contributed by atoms with E-state index in [9.17, 15) is 18.0 Å². The molecule has 23 heavy (non-hydrogen) atoms. The SMILES string of the molecule is O=C([O-])C(F)(F)F.[NH-][C@H]1CCN(CCNc2ccncc2)C1=O. The number of carbonyl (C=O) groups is 2. The quantitative estimate of drug-likeness (QED) is 0.861. The van der Waals surface area contributed by atoms with Crippen molar-refractivity contribution in [3.63, 3.8) is 0 Å². The standard InChI is InChI=1S/C11H15N4O.C2HF3O2/c12-10-3-7-15(11(10)16)8-6-14-9-1-4-13-5-2-9;3-2(4,5)1(6)7/h1-2,4-5,10,12H,3,6-8H2,(H,13,14);(H,6,7)/q-1;/p-1/t10-;/m0./s1. The number of carboxylic acid groups (broad SMARTS) is 1. The van der Waals surface area contributed by atoms with E-state index in [1.807, 2.05) is 12.1 Å². The van der Waals surface area contributed by atoms with E-state index in [-0.39, 0.29) is 5.91 Å². The molecule has 0 aromatic carbocycles. The molecule has 1 aliphatic rings. The summed E-state index contributed by atoms with van der Waals surface area (Å²) in [4.78, 5) is 25.9. The van der Waals surface area contributed by atoms with Gasteiger partial charge < -0.3 is 25.9 Å². The zero-order chi connectivity index (χ0) is 17.5. The van der Waals surface area contributed by atoms with E-state index < -0.39 is 18.2 Å². The molecule has 10 heteroatoms. The number of aliphatic carboxylic acids is 1. The fourth-order valence-corrected chi connectivity index (χ4v) is 1.77. The van der Waals surface area contributed by atoms with Crippen LogP contribution in [0.2, 0.25) is 0 Å². The molecule has 2 N–H and O–H groups in total. The van der Waals surface area contributed by atoms with Gasteiger partial charge in [-0.05, 0) is 18.6 Å². The lowest BCUT2D eigenvalue weighted by Gasteiger charge is -2.18. The predicted molar refractivity (Wildman–Crippen MR) is 73.1 cm³/mol. The number of carboxylic acids is 1. The first-order valence-corrected chi connectivity index (χ1v) is 6.63. The average molecular weight is 332 g/mol. The molecule has 2 rings (SSSR count). The summed E-state index contributed by atoms with van der Waals surface area (Å²) >= 11 is 0. The molecule has 0 saturated carbocycles. The maximum absolute atomic E-state index is 11.4. The monoisotopic (exact) mass is 332 g/mol. The Labute approximate surface area is 130 Å². The van der Waals surface area contributed by atoms with Gasteiger partial charge in [-0.3, -0.25) is 9.78 Å². The van der Waals surface area contributed by atoms with Gasteiger partial charge in [-0.2, -0.15) is 13.2 Å². The first kappa shape index (κ1) is 18.7. The summed E-state index contributed by atoms with van der Waals surface area (Å²) < 4.78 is 31.5. The van der Waals surface area contributed by atoms with Gasteiger partial charge in [0, 0.05) is 37.7 Å². The topological polar surface area (TPSA) is 109 Å². The molecule has 0 aliphatic carbocycles. The minimum atomic E-state index is -5.19. The Balaban J connectivity index is 0.000000322. The molecule has 0 radical (unpaired) electrons. The smallest absolute Gasteiger partial charge is 0.430 e. The number of carbonyl (C=O) groups excluding carboxylic acids is 2.